The average Bonchev–Trinajstić information content (AvgIpc) is 3.16. The predicted octanol–water partition coefficient (Wildman–Crippen LogP) is 1.75. The molecule has 136 valence electrons. The summed E-state index contributed by atoms with van der Waals surface area (Å²) >= 11 is 0. The summed E-state index contributed by atoms with van der Waals surface area (Å²) in [5.41, 5.74) is 2.24. The number of likely N-dealkylation sites (N-methyl/N-ethyl adjacent to an activating group) is 2. The summed E-state index contributed by atoms with van der Waals surface area (Å²) in [6.45, 7) is 4.04. The standard InChI is InChI=1S/C18H26N4O3/c1-5-25-18-19-15-7-6-12(8-16(15)20-18)17(23)22(3)10-13-9-14(24-4)11-21(13)2/h6-8,13-14H,5,9-11H2,1-4H3,(H,19,20)/t13-,14-/m0/s1. The van der Waals surface area contributed by atoms with Gasteiger partial charge in [0.2, 0.25) is 0 Å². The van der Waals surface area contributed by atoms with Gasteiger partial charge in [-0.25, -0.2) is 0 Å². The summed E-state index contributed by atoms with van der Waals surface area (Å²) in [7, 11) is 5.67. The molecule has 2 heterocycles. The van der Waals surface area contributed by atoms with E-state index in [2.05, 4.69) is 21.9 Å². The van der Waals surface area contributed by atoms with Gasteiger partial charge in [-0.15, -0.1) is 0 Å². The molecule has 0 unspecified atom stereocenters. The number of aromatic amines is 1. The molecule has 0 radical (unpaired) electrons. The summed E-state index contributed by atoms with van der Waals surface area (Å²) < 4.78 is 10.8. The number of H-pyrrole nitrogens is 1. The molecule has 0 saturated carbocycles. The molecular weight excluding hydrogens is 320 g/mol. The molecule has 7 heteroatoms. The van der Waals surface area contributed by atoms with Gasteiger partial charge in [0, 0.05) is 38.9 Å². The summed E-state index contributed by atoms with van der Waals surface area (Å²) in [4.78, 5) is 24.2. The molecule has 1 aromatic carbocycles. The lowest BCUT2D eigenvalue weighted by molar-refractivity contribution is 0.0760. The summed E-state index contributed by atoms with van der Waals surface area (Å²) in [5, 5.41) is 0. The van der Waals surface area contributed by atoms with Crippen LogP contribution in [0.4, 0.5) is 0 Å². The van der Waals surface area contributed by atoms with Crippen molar-refractivity contribution in [3.8, 4) is 6.01 Å². The van der Waals surface area contributed by atoms with Crippen molar-refractivity contribution >= 4 is 16.9 Å². The largest absolute Gasteiger partial charge is 0.465 e. The number of ether oxygens (including phenoxy) is 2. The third kappa shape index (κ3) is 3.77. The number of hydrogen-bond donors (Lipinski definition) is 1. The topological polar surface area (TPSA) is 70.7 Å². The zero-order chi connectivity index (χ0) is 18.0. The highest BCUT2D eigenvalue weighted by atomic mass is 16.5. The van der Waals surface area contributed by atoms with Gasteiger partial charge < -0.3 is 19.4 Å². The Balaban J connectivity index is 1.70. The molecule has 3 rings (SSSR count). The maximum Gasteiger partial charge on any atom is 0.294 e. The van der Waals surface area contributed by atoms with E-state index in [0.717, 1.165) is 24.0 Å². The number of rotatable bonds is 6. The molecule has 1 aliphatic rings. The number of benzene rings is 1. The highest BCUT2D eigenvalue weighted by Crippen LogP contribution is 2.21. The Hall–Kier alpha value is -2.12. The van der Waals surface area contributed by atoms with Gasteiger partial charge >= 0.3 is 0 Å². The van der Waals surface area contributed by atoms with Crippen LogP contribution in [0.1, 0.15) is 23.7 Å². The number of imidazole rings is 1. The normalized spacial score (nSPS) is 21.0. The van der Waals surface area contributed by atoms with Gasteiger partial charge in [-0.05, 0) is 38.6 Å². The maximum atomic E-state index is 12.8. The third-order valence-corrected chi connectivity index (χ3v) is 4.80. The molecule has 1 N–H and O–H groups in total. The van der Waals surface area contributed by atoms with Crippen molar-refractivity contribution < 1.29 is 14.3 Å². The Morgan fingerprint density at radius 3 is 2.96 bits per heavy atom. The maximum absolute atomic E-state index is 12.8. The fourth-order valence-electron chi connectivity index (χ4n) is 3.36. The van der Waals surface area contributed by atoms with Crippen LogP contribution in [0.15, 0.2) is 18.2 Å². The van der Waals surface area contributed by atoms with Gasteiger partial charge in [-0.3, -0.25) is 9.69 Å². The van der Waals surface area contributed by atoms with Crippen LogP contribution in [0.2, 0.25) is 0 Å². The Bertz CT molecular complexity index is 745. The first-order valence-corrected chi connectivity index (χ1v) is 8.62. The molecular formula is C18H26N4O3. The number of nitrogens with zero attached hydrogens (tertiary/aromatic N) is 3. The van der Waals surface area contributed by atoms with Gasteiger partial charge in [0.05, 0.1) is 23.7 Å². The number of nitrogens with one attached hydrogen (secondary N) is 1. The molecule has 1 saturated heterocycles. The smallest absolute Gasteiger partial charge is 0.294 e. The highest BCUT2D eigenvalue weighted by molar-refractivity contribution is 5.97. The first-order valence-electron chi connectivity index (χ1n) is 8.62. The summed E-state index contributed by atoms with van der Waals surface area (Å²) in [5.74, 6) is 0.00345. The molecule has 2 aromatic rings. The van der Waals surface area contributed by atoms with E-state index in [-0.39, 0.29) is 12.0 Å². The van der Waals surface area contributed by atoms with E-state index in [0.29, 0.717) is 30.8 Å². The van der Waals surface area contributed by atoms with Crippen LogP contribution in [0, 0.1) is 0 Å². The van der Waals surface area contributed by atoms with E-state index in [9.17, 15) is 4.79 Å². The van der Waals surface area contributed by atoms with Crippen LogP contribution >= 0.6 is 0 Å². The summed E-state index contributed by atoms with van der Waals surface area (Å²) in [6, 6.07) is 6.29. The van der Waals surface area contributed by atoms with Crippen LogP contribution in [0.3, 0.4) is 0 Å². The van der Waals surface area contributed by atoms with E-state index >= 15 is 0 Å². The van der Waals surface area contributed by atoms with Gasteiger partial charge in [0.15, 0.2) is 0 Å². The van der Waals surface area contributed by atoms with Crippen LogP contribution in [-0.2, 0) is 4.74 Å². The minimum atomic E-state index is 0.00345. The van der Waals surface area contributed by atoms with Crippen molar-refractivity contribution in [2.75, 3.05) is 40.9 Å². The van der Waals surface area contributed by atoms with E-state index in [1.54, 1.807) is 12.0 Å². The lowest BCUT2D eigenvalue weighted by Gasteiger charge is -2.25. The number of likely N-dealkylation sites (tertiary alicyclic amines) is 1. The molecule has 0 aliphatic carbocycles. The molecule has 1 fully saturated rings. The number of fused-ring (bicyclic) bond motifs is 1. The number of carbonyl (C=O) groups is 1. The quantitative estimate of drug-likeness (QED) is 0.863. The van der Waals surface area contributed by atoms with Crippen LogP contribution in [-0.4, -0.2) is 78.7 Å². The van der Waals surface area contributed by atoms with Crippen LogP contribution in [0.25, 0.3) is 11.0 Å². The molecule has 25 heavy (non-hydrogen) atoms. The van der Waals surface area contributed by atoms with Crippen molar-refractivity contribution in [3.05, 3.63) is 23.8 Å². The second-order valence-corrected chi connectivity index (χ2v) is 6.58. The van der Waals surface area contributed by atoms with Gasteiger partial charge in [0.1, 0.15) is 0 Å². The first kappa shape index (κ1) is 17.7. The van der Waals surface area contributed by atoms with Gasteiger partial charge in [-0.2, -0.15) is 4.98 Å². The lowest BCUT2D eigenvalue weighted by Crippen LogP contribution is -2.39. The number of aromatic nitrogens is 2. The number of hydrogen-bond acceptors (Lipinski definition) is 5. The lowest BCUT2D eigenvalue weighted by atomic mass is 10.1. The van der Waals surface area contributed by atoms with Crippen molar-refractivity contribution in [2.45, 2.75) is 25.5 Å². The molecule has 1 amide bonds. The monoisotopic (exact) mass is 346 g/mol. The minimum Gasteiger partial charge on any atom is -0.465 e. The Morgan fingerprint density at radius 1 is 1.48 bits per heavy atom. The van der Waals surface area contributed by atoms with Crippen LogP contribution in [0.5, 0.6) is 6.01 Å². The fraction of sp³-hybridized carbons (Fsp3) is 0.556. The Labute approximate surface area is 147 Å². The Morgan fingerprint density at radius 2 is 2.28 bits per heavy atom. The second kappa shape index (κ2) is 7.41. The Kier molecular flexibility index (Phi) is 5.24. The number of methoxy groups -OCH3 is 1. The van der Waals surface area contributed by atoms with Crippen molar-refractivity contribution in [2.24, 2.45) is 0 Å². The number of amides is 1. The summed E-state index contributed by atoms with van der Waals surface area (Å²) in [6.07, 6.45) is 1.19. The molecule has 7 nitrogen and oxygen atoms in total. The van der Waals surface area contributed by atoms with Gasteiger partial charge in [0.25, 0.3) is 11.9 Å². The SMILES string of the molecule is CCOc1nc2ccc(C(=O)N(C)C[C@@H]3C[C@H](OC)CN3C)cc2[nH]1. The third-order valence-electron chi connectivity index (χ3n) is 4.80. The minimum absolute atomic E-state index is 0.00345. The molecule has 0 spiro atoms. The molecule has 0 bridgehead atoms. The zero-order valence-corrected chi connectivity index (χ0v) is 15.3. The van der Waals surface area contributed by atoms with Crippen molar-refractivity contribution in [1.82, 2.24) is 19.8 Å². The van der Waals surface area contributed by atoms with Crippen molar-refractivity contribution in [3.63, 3.8) is 0 Å². The molecule has 2 atom stereocenters. The van der Waals surface area contributed by atoms with Gasteiger partial charge in [-0.1, -0.05) is 0 Å². The average molecular weight is 346 g/mol. The van der Waals surface area contributed by atoms with E-state index < -0.39 is 0 Å². The predicted molar refractivity (Wildman–Crippen MR) is 96.1 cm³/mol. The second-order valence-electron chi connectivity index (χ2n) is 6.58. The van der Waals surface area contributed by atoms with Crippen molar-refractivity contribution in [1.29, 1.82) is 0 Å². The van der Waals surface area contributed by atoms with Crippen LogP contribution < -0.4 is 4.74 Å². The van der Waals surface area contributed by atoms with E-state index in [4.69, 9.17) is 9.47 Å². The first-order chi connectivity index (χ1) is 12.0. The fourth-order valence-corrected chi connectivity index (χ4v) is 3.36. The molecule has 1 aliphatic heterocycles. The molecule has 1 aromatic heterocycles. The van der Waals surface area contributed by atoms with E-state index in [1.165, 1.54) is 0 Å². The highest BCUT2D eigenvalue weighted by Gasteiger charge is 2.31. The number of carbonyl (C=O) groups excluding carboxylic acids is 1. The zero-order valence-electron chi connectivity index (χ0n) is 15.3. The van der Waals surface area contributed by atoms with E-state index in [1.807, 2.05) is 32.2 Å².